The van der Waals surface area contributed by atoms with Crippen molar-refractivity contribution in [3.63, 3.8) is 0 Å². The lowest BCUT2D eigenvalue weighted by Gasteiger charge is -2.14. The average molecular weight is 346 g/mol. The highest BCUT2D eigenvalue weighted by atomic mass is 16.5. The number of alkyl carbamates (subject to hydrolysis) is 1. The van der Waals surface area contributed by atoms with Crippen molar-refractivity contribution in [3.8, 4) is 11.1 Å². The third kappa shape index (κ3) is 3.21. The fourth-order valence-electron chi connectivity index (χ4n) is 3.26. The van der Waals surface area contributed by atoms with Crippen molar-refractivity contribution in [3.05, 3.63) is 77.9 Å². The van der Waals surface area contributed by atoms with Crippen LogP contribution in [0.5, 0.6) is 0 Å². The molecule has 130 valence electrons. The first kappa shape index (κ1) is 16.1. The number of hydrogen-bond donors (Lipinski definition) is 2. The molecule has 1 aromatic heterocycles. The SMILES string of the molecule is O=C(NCC=Cc1ncn[nH]1)OCC1c2ccccc2-c2ccccc21. The number of carbonyl (C=O) groups is 1. The second-order valence-corrected chi connectivity index (χ2v) is 5.98. The molecule has 6 heteroatoms. The Morgan fingerprint density at radius 2 is 1.81 bits per heavy atom. The molecule has 2 aromatic carbocycles. The fraction of sp³-hybridized carbons (Fsp3) is 0.150. The van der Waals surface area contributed by atoms with Crippen molar-refractivity contribution in [2.75, 3.05) is 13.2 Å². The number of nitrogens with one attached hydrogen (secondary N) is 2. The summed E-state index contributed by atoms with van der Waals surface area (Å²) in [6, 6.07) is 16.5. The maximum Gasteiger partial charge on any atom is 0.407 e. The number of hydrogen-bond acceptors (Lipinski definition) is 4. The first-order chi connectivity index (χ1) is 12.8. The van der Waals surface area contributed by atoms with E-state index in [1.54, 1.807) is 12.2 Å². The number of carbonyl (C=O) groups excluding carboxylic acids is 1. The second kappa shape index (κ2) is 7.23. The lowest BCUT2D eigenvalue weighted by atomic mass is 9.98. The Hall–Kier alpha value is -3.41. The third-order valence-corrected chi connectivity index (χ3v) is 4.42. The van der Waals surface area contributed by atoms with Crippen molar-refractivity contribution in [1.82, 2.24) is 20.5 Å². The molecule has 0 aliphatic heterocycles. The van der Waals surface area contributed by atoms with E-state index in [1.807, 2.05) is 24.3 Å². The van der Waals surface area contributed by atoms with Crippen LogP contribution in [0.15, 0.2) is 60.9 Å². The van der Waals surface area contributed by atoms with Crippen molar-refractivity contribution in [2.45, 2.75) is 5.92 Å². The molecule has 26 heavy (non-hydrogen) atoms. The van der Waals surface area contributed by atoms with Crippen LogP contribution in [0.3, 0.4) is 0 Å². The zero-order valence-electron chi connectivity index (χ0n) is 14.1. The van der Waals surface area contributed by atoms with Gasteiger partial charge in [-0.1, -0.05) is 54.6 Å². The van der Waals surface area contributed by atoms with E-state index in [1.165, 1.54) is 28.6 Å². The van der Waals surface area contributed by atoms with E-state index < -0.39 is 6.09 Å². The van der Waals surface area contributed by atoms with Gasteiger partial charge in [-0.15, -0.1) is 0 Å². The molecular weight excluding hydrogens is 328 g/mol. The minimum atomic E-state index is -0.436. The Morgan fingerprint density at radius 1 is 1.12 bits per heavy atom. The molecular formula is C20H18N4O2. The average Bonchev–Trinajstić information content (AvgIpc) is 3.30. The van der Waals surface area contributed by atoms with Gasteiger partial charge in [0.05, 0.1) is 0 Å². The molecule has 0 atom stereocenters. The van der Waals surface area contributed by atoms with Gasteiger partial charge >= 0.3 is 6.09 Å². The third-order valence-electron chi connectivity index (χ3n) is 4.42. The molecule has 2 N–H and O–H groups in total. The lowest BCUT2D eigenvalue weighted by Crippen LogP contribution is -2.26. The van der Waals surface area contributed by atoms with Crippen LogP contribution < -0.4 is 5.32 Å². The molecule has 1 heterocycles. The van der Waals surface area contributed by atoms with E-state index >= 15 is 0 Å². The van der Waals surface area contributed by atoms with E-state index in [-0.39, 0.29) is 5.92 Å². The molecule has 6 nitrogen and oxygen atoms in total. The van der Waals surface area contributed by atoms with Gasteiger partial charge in [0, 0.05) is 12.5 Å². The van der Waals surface area contributed by atoms with Gasteiger partial charge in [-0.3, -0.25) is 5.10 Å². The Bertz CT molecular complexity index is 889. The van der Waals surface area contributed by atoms with E-state index in [4.69, 9.17) is 4.74 Å². The van der Waals surface area contributed by atoms with Gasteiger partial charge in [0.15, 0.2) is 0 Å². The number of aromatic amines is 1. The smallest absolute Gasteiger partial charge is 0.407 e. The maximum atomic E-state index is 12.0. The Balaban J connectivity index is 1.36. The summed E-state index contributed by atoms with van der Waals surface area (Å²) >= 11 is 0. The topological polar surface area (TPSA) is 79.9 Å². The number of H-pyrrole nitrogens is 1. The highest BCUT2D eigenvalue weighted by Crippen LogP contribution is 2.44. The molecule has 0 bridgehead atoms. The van der Waals surface area contributed by atoms with E-state index in [0.29, 0.717) is 19.0 Å². The molecule has 1 aliphatic carbocycles. The summed E-state index contributed by atoms with van der Waals surface area (Å²) in [7, 11) is 0. The van der Waals surface area contributed by atoms with E-state index in [0.717, 1.165) is 0 Å². The summed E-state index contributed by atoms with van der Waals surface area (Å²) in [5.41, 5.74) is 4.83. The predicted molar refractivity (Wildman–Crippen MR) is 98.5 cm³/mol. The molecule has 0 unspecified atom stereocenters. The molecule has 0 spiro atoms. The number of benzene rings is 2. The molecule has 0 saturated carbocycles. The zero-order chi connectivity index (χ0) is 17.8. The number of aromatic nitrogens is 3. The van der Waals surface area contributed by atoms with Crippen LogP contribution in [0.2, 0.25) is 0 Å². The van der Waals surface area contributed by atoms with Gasteiger partial charge in [-0.2, -0.15) is 5.10 Å². The molecule has 0 radical (unpaired) electrons. The highest BCUT2D eigenvalue weighted by molar-refractivity contribution is 5.79. The Morgan fingerprint density at radius 3 is 2.46 bits per heavy atom. The van der Waals surface area contributed by atoms with Crippen LogP contribution in [0, 0.1) is 0 Å². The summed E-state index contributed by atoms with van der Waals surface area (Å²) in [6.45, 7) is 0.670. The zero-order valence-corrected chi connectivity index (χ0v) is 14.1. The molecule has 1 amide bonds. The van der Waals surface area contributed by atoms with Crippen molar-refractivity contribution in [2.24, 2.45) is 0 Å². The van der Waals surface area contributed by atoms with E-state index in [9.17, 15) is 4.79 Å². The molecule has 4 rings (SSSR count). The summed E-state index contributed by atoms with van der Waals surface area (Å²) in [5, 5.41) is 9.17. The standard InChI is InChI=1S/C20H18N4O2/c25-20(21-11-5-10-19-22-13-23-24-19)26-12-18-16-8-3-1-6-14(16)15-7-2-4-9-17(15)18/h1-10,13,18H,11-12H2,(H,21,25)(H,22,23,24). The second-order valence-electron chi connectivity index (χ2n) is 5.98. The summed E-state index contributed by atoms with van der Waals surface area (Å²) < 4.78 is 5.46. The van der Waals surface area contributed by atoms with Crippen molar-refractivity contribution >= 4 is 12.2 Å². The lowest BCUT2D eigenvalue weighted by molar-refractivity contribution is 0.144. The first-order valence-electron chi connectivity index (χ1n) is 8.43. The summed E-state index contributed by atoms with van der Waals surface area (Å²) in [6.07, 6.45) is 4.52. The Labute approximate surface area is 150 Å². The van der Waals surface area contributed by atoms with Gasteiger partial charge in [0.25, 0.3) is 0 Å². The minimum Gasteiger partial charge on any atom is -0.449 e. The molecule has 0 fully saturated rings. The highest BCUT2D eigenvalue weighted by Gasteiger charge is 2.28. The predicted octanol–water partition coefficient (Wildman–Crippen LogP) is 3.36. The Kier molecular flexibility index (Phi) is 4.47. The van der Waals surface area contributed by atoms with Crippen LogP contribution in [-0.2, 0) is 4.74 Å². The van der Waals surface area contributed by atoms with Crippen LogP contribution >= 0.6 is 0 Å². The minimum absolute atomic E-state index is 0.0675. The molecule has 3 aromatic rings. The van der Waals surface area contributed by atoms with Crippen LogP contribution in [0.1, 0.15) is 22.9 Å². The number of fused-ring (bicyclic) bond motifs is 3. The van der Waals surface area contributed by atoms with Gasteiger partial charge in [-0.05, 0) is 28.3 Å². The monoisotopic (exact) mass is 346 g/mol. The quantitative estimate of drug-likeness (QED) is 0.742. The van der Waals surface area contributed by atoms with Crippen LogP contribution in [-0.4, -0.2) is 34.4 Å². The normalized spacial score (nSPS) is 12.8. The maximum absolute atomic E-state index is 12.0. The first-order valence-corrected chi connectivity index (χ1v) is 8.43. The molecule has 1 aliphatic rings. The summed E-state index contributed by atoms with van der Waals surface area (Å²) in [5.74, 6) is 0.706. The molecule has 0 saturated heterocycles. The van der Waals surface area contributed by atoms with Gasteiger partial charge in [0.1, 0.15) is 18.8 Å². The van der Waals surface area contributed by atoms with Crippen LogP contribution in [0.4, 0.5) is 4.79 Å². The van der Waals surface area contributed by atoms with Gasteiger partial charge in [-0.25, -0.2) is 9.78 Å². The van der Waals surface area contributed by atoms with Crippen LogP contribution in [0.25, 0.3) is 17.2 Å². The van der Waals surface area contributed by atoms with Gasteiger partial charge < -0.3 is 10.1 Å². The number of amides is 1. The van der Waals surface area contributed by atoms with Crippen molar-refractivity contribution < 1.29 is 9.53 Å². The number of ether oxygens (including phenoxy) is 1. The van der Waals surface area contributed by atoms with Crippen molar-refractivity contribution in [1.29, 1.82) is 0 Å². The summed E-state index contributed by atoms with van der Waals surface area (Å²) in [4.78, 5) is 15.9. The van der Waals surface area contributed by atoms with E-state index in [2.05, 4.69) is 44.8 Å². The number of rotatable bonds is 5. The number of nitrogens with zero attached hydrogens (tertiary/aromatic N) is 2. The van der Waals surface area contributed by atoms with Gasteiger partial charge in [0.2, 0.25) is 0 Å². The fourth-order valence-corrected chi connectivity index (χ4v) is 3.26. The largest absolute Gasteiger partial charge is 0.449 e.